The molecule has 0 aliphatic carbocycles. The van der Waals surface area contributed by atoms with Crippen molar-refractivity contribution < 1.29 is 13.2 Å². The first-order valence-electron chi connectivity index (χ1n) is 10.7. The molecule has 0 bridgehead atoms. The largest absolute Gasteiger partial charge is 0.353 e. The topological polar surface area (TPSA) is 95.2 Å². The zero-order valence-electron chi connectivity index (χ0n) is 18.0. The smallest absolute Gasteiger partial charge is 0.255 e. The number of rotatable bonds is 4. The number of H-pyrrole nitrogens is 1. The van der Waals surface area contributed by atoms with E-state index in [1.54, 1.807) is 12.1 Å². The van der Waals surface area contributed by atoms with Crippen molar-refractivity contribution >= 4 is 59.4 Å². The number of fused-ring (bicyclic) bond motifs is 3. The molecular formula is C24H23BrN4O3S. The standard InChI is InChI=1S/C24H23BrN4O3S/c1-33(31,32)29-9-7-15(8-10-29)22-13-20-19-12-18(5-6-21(19)28-23(20)14-26-22)27-24(30)16-3-2-4-17(25)11-16/h2-6,11-15,28H,7-10H2,1H3,(H,27,30). The minimum Gasteiger partial charge on any atom is -0.353 e. The quantitative estimate of drug-likeness (QED) is 0.396. The van der Waals surface area contributed by atoms with Crippen LogP contribution in [0, 0.1) is 0 Å². The van der Waals surface area contributed by atoms with Crippen molar-refractivity contribution in [3.8, 4) is 0 Å². The maximum absolute atomic E-state index is 12.7. The number of nitrogens with one attached hydrogen (secondary N) is 2. The first-order chi connectivity index (χ1) is 15.8. The van der Waals surface area contributed by atoms with Gasteiger partial charge in [0.25, 0.3) is 5.91 Å². The first kappa shape index (κ1) is 22.1. The maximum Gasteiger partial charge on any atom is 0.255 e. The number of aromatic nitrogens is 2. The Morgan fingerprint density at radius 1 is 1.09 bits per heavy atom. The minimum atomic E-state index is -3.15. The molecule has 1 amide bonds. The molecule has 4 aromatic rings. The molecule has 0 spiro atoms. The molecule has 1 aliphatic heterocycles. The molecule has 1 saturated heterocycles. The maximum atomic E-state index is 12.7. The summed E-state index contributed by atoms with van der Waals surface area (Å²) in [7, 11) is -3.15. The molecule has 1 fully saturated rings. The van der Waals surface area contributed by atoms with Gasteiger partial charge in [0, 0.05) is 56.7 Å². The van der Waals surface area contributed by atoms with E-state index in [1.165, 1.54) is 10.6 Å². The second-order valence-electron chi connectivity index (χ2n) is 8.44. The number of piperidine rings is 1. The molecule has 0 unspecified atom stereocenters. The molecule has 0 saturated carbocycles. The van der Waals surface area contributed by atoms with Gasteiger partial charge in [0.05, 0.1) is 18.0 Å². The summed E-state index contributed by atoms with van der Waals surface area (Å²) in [5.41, 5.74) is 4.16. The first-order valence-corrected chi connectivity index (χ1v) is 13.4. The lowest BCUT2D eigenvalue weighted by atomic mass is 9.93. The number of hydrogen-bond acceptors (Lipinski definition) is 4. The third-order valence-electron chi connectivity index (χ3n) is 6.19. The summed E-state index contributed by atoms with van der Waals surface area (Å²) in [6.45, 7) is 1.03. The molecule has 0 radical (unpaired) electrons. The lowest BCUT2D eigenvalue weighted by molar-refractivity contribution is 0.102. The molecule has 5 rings (SSSR count). The number of hydrogen-bond donors (Lipinski definition) is 2. The lowest BCUT2D eigenvalue weighted by Crippen LogP contribution is -2.37. The molecule has 2 aromatic carbocycles. The number of halogens is 1. The van der Waals surface area contributed by atoms with Gasteiger partial charge in [0.2, 0.25) is 10.0 Å². The molecule has 2 aromatic heterocycles. The Hall–Kier alpha value is -2.75. The van der Waals surface area contributed by atoms with Crippen molar-refractivity contribution in [3.05, 3.63) is 70.5 Å². The molecule has 9 heteroatoms. The third-order valence-corrected chi connectivity index (χ3v) is 7.99. The van der Waals surface area contributed by atoms with Crippen LogP contribution < -0.4 is 5.32 Å². The minimum absolute atomic E-state index is 0.171. The van der Waals surface area contributed by atoms with Crippen LogP contribution in [-0.2, 0) is 10.0 Å². The van der Waals surface area contributed by atoms with Gasteiger partial charge in [-0.25, -0.2) is 12.7 Å². The summed E-state index contributed by atoms with van der Waals surface area (Å²) in [6, 6.07) is 15.2. The van der Waals surface area contributed by atoms with E-state index in [4.69, 9.17) is 0 Å². The van der Waals surface area contributed by atoms with Crippen LogP contribution in [0.5, 0.6) is 0 Å². The molecule has 33 heavy (non-hydrogen) atoms. The highest BCUT2D eigenvalue weighted by molar-refractivity contribution is 9.10. The molecule has 1 aliphatic rings. The predicted molar refractivity (Wildman–Crippen MR) is 134 cm³/mol. The predicted octanol–water partition coefficient (Wildman–Crippen LogP) is 4.87. The summed E-state index contributed by atoms with van der Waals surface area (Å²) in [4.78, 5) is 20.7. The van der Waals surface area contributed by atoms with Crippen LogP contribution in [0.4, 0.5) is 5.69 Å². The van der Waals surface area contributed by atoms with Gasteiger partial charge in [-0.3, -0.25) is 9.78 Å². The van der Waals surface area contributed by atoms with Crippen LogP contribution in [0.15, 0.2) is 59.2 Å². The monoisotopic (exact) mass is 526 g/mol. The summed E-state index contributed by atoms with van der Waals surface area (Å²) in [5, 5.41) is 5.03. The van der Waals surface area contributed by atoms with Gasteiger partial charge < -0.3 is 10.3 Å². The number of amides is 1. The van der Waals surface area contributed by atoms with E-state index >= 15 is 0 Å². The Balaban J connectivity index is 1.42. The van der Waals surface area contributed by atoms with Crippen molar-refractivity contribution in [2.24, 2.45) is 0 Å². The normalized spacial score (nSPS) is 15.8. The molecule has 170 valence electrons. The van der Waals surface area contributed by atoms with Crippen molar-refractivity contribution in [2.45, 2.75) is 18.8 Å². The Kier molecular flexibility index (Phi) is 5.72. The second kappa shape index (κ2) is 8.55. The van der Waals surface area contributed by atoms with Crippen molar-refractivity contribution in [3.63, 3.8) is 0 Å². The highest BCUT2D eigenvalue weighted by Gasteiger charge is 2.26. The molecule has 0 atom stereocenters. The third kappa shape index (κ3) is 4.53. The van der Waals surface area contributed by atoms with E-state index in [0.29, 0.717) is 24.3 Å². The summed E-state index contributed by atoms with van der Waals surface area (Å²) >= 11 is 3.40. The van der Waals surface area contributed by atoms with Crippen molar-refractivity contribution in [1.29, 1.82) is 0 Å². The second-order valence-corrected chi connectivity index (χ2v) is 11.3. The molecule has 3 heterocycles. The van der Waals surface area contributed by atoms with Crippen molar-refractivity contribution in [1.82, 2.24) is 14.3 Å². The van der Waals surface area contributed by atoms with Crippen LogP contribution in [0.3, 0.4) is 0 Å². The zero-order valence-corrected chi connectivity index (χ0v) is 20.4. The van der Waals surface area contributed by atoms with Crippen molar-refractivity contribution in [2.75, 3.05) is 24.7 Å². The van der Waals surface area contributed by atoms with Crippen LogP contribution in [0.1, 0.15) is 34.8 Å². The number of carbonyl (C=O) groups is 1. The van der Waals surface area contributed by atoms with Gasteiger partial charge in [0.15, 0.2) is 0 Å². The zero-order chi connectivity index (χ0) is 23.2. The van der Waals surface area contributed by atoms with E-state index in [2.05, 4.69) is 37.3 Å². The fourth-order valence-electron chi connectivity index (χ4n) is 4.43. The van der Waals surface area contributed by atoms with Gasteiger partial charge in [-0.05, 0) is 55.3 Å². The average molecular weight is 527 g/mol. The van der Waals surface area contributed by atoms with E-state index in [1.807, 2.05) is 36.5 Å². The van der Waals surface area contributed by atoms with Crippen LogP contribution in [-0.4, -0.2) is 47.9 Å². The number of benzene rings is 2. The fourth-order valence-corrected chi connectivity index (χ4v) is 5.71. The number of nitrogens with zero attached hydrogens (tertiary/aromatic N) is 2. The number of aromatic amines is 1. The summed E-state index contributed by atoms with van der Waals surface area (Å²) in [5.74, 6) is 0.0484. The van der Waals surface area contributed by atoms with Gasteiger partial charge in [-0.15, -0.1) is 0 Å². The Labute approximate surface area is 200 Å². The van der Waals surface area contributed by atoms with E-state index < -0.39 is 10.0 Å². The summed E-state index contributed by atoms with van der Waals surface area (Å²) in [6.07, 6.45) is 4.60. The Morgan fingerprint density at radius 2 is 1.85 bits per heavy atom. The molecule has 2 N–H and O–H groups in total. The number of carbonyl (C=O) groups excluding carboxylic acids is 1. The van der Waals surface area contributed by atoms with E-state index in [-0.39, 0.29) is 11.8 Å². The van der Waals surface area contributed by atoms with Gasteiger partial charge in [-0.1, -0.05) is 22.0 Å². The van der Waals surface area contributed by atoms with Crippen LogP contribution >= 0.6 is 15.9 Å². The number of anilines is 1. The molecular weight excluding hydrogens is 504 g/mol. The van der Waals surface area contributed by atoms with Crippen LogP contribution in [0.2, 0.25) is 0 Å². The van der Waals surface area contributed by atoms with Gasteiger partial charge >= 0.3 is 0 Å². The SMILES string of the molecule is CS(=O)(=O)N1CCC(c2cc3c(cn2)[nH]c2ccc(NC(=O)c4cccc(Br)c4)cc23)CC1. The Bertz CT molecular complexity index is 1470. The molecule has 7 nitrogen and oxygen atoms in total. The van der Waals surface area contributed by atoms with E-state index in [0.717, 1.165) is 44.8 Å². The fraction of sp³-hybridized carbons (Fsp3) is 0.250. The van der Waals surface area contributed by atoms with E-state index in [9.17, 15) is 13.2 Å². The number of pyridine rings is 1. The summed E-state index contributed by atoms with van der Waals surface area (Å²) < 4.78 is 26.0. The average Bonchev–Trinajstić information content (AvgIpc) is 3.16. The number of sulfonamides is 1. The highest BCUT2D eigenvalue weighted by Crippen LogP contribution is 2.33. The van der Waals surface area contributed by atoms with Gasteiger partial charge in [-0.2, -0.15) is 0 Å². The lowest BCUT2D eigenvalue weighted by Gasteiger charge is -2.29. The highest BCUT2D eigenvalue weighted by atomic mass is 79.9. The van der Waals surface area contributed by atoms with Gasteiger partial charge in [0.1, 0.15) is 0 Å². The Morgan fingerprint density at radius 3 is 2.58 bits per heavy atom. The van der Waals surface area contributed by atoms with Crippen LogP contribution in [0.25, 0.3) is 21.8 Å².